The number of hydrogen-bond acceptors (Lipinski definition) is 5. The van der Waals surface area contributed by atoms with Crippen molar-refractivity contribution in [2.45, 2.75) is 12.8 Å². The zero-order valence-corrected chi connectivity index (χ0v) is 13.7. The lowest BCUT2D eigenvalue weighted by Gasteiger charge is -2.15. The number of rotatable bonds is 4. The Hall–Kier alpha value is -2.76. The molecule has 0 amide bonds. The first kappa shape index (κ1) is 14.8. The van der Waals surface area contributed by atoms with Crippen LogP contribution >= 0.6 is 0 Å². The molecule has 6 nitrogen and oxygen atoms in total. The number of pyridine rings is 1. The summed E-state index contributed by atoms with van der Waals surface area (Å²) < 4.78 is 2.00. The van der Waals surface area contributed by atoms with Crippen LogP contribution in [0.2, 0.25) is 0 Å². The molecule has 3 aromatic rings. The first-order valence-corrected chi connectivity index (χ1v) is 8.24. The Kier molecular flexibility index (Phi) is 3.94. The maximum atomic E-state index is 4.83. The van der Waals surface area contributed by atoms with E-state index in [1.54, 1.807) is 18.7 Å². The molecular formula is C18H20N6. The molecule has 0 radical (unpaired) electrons. The Morgan fingerprint density at radius 1 is 1.17 bits per heavy atom. The summed E-state index contributed by atoms with van der Waals surface area (Å²) in [6, 6.07) is 8.09. The fourth-order valence-corrected chi connectivity index (χ4v) is 3.27. The molecule has 0 bridgehead atoms. The van der Waals surface area contributed by atoms with Crippen LogP contribution in [-0.2, 0) is 13.5 Å². The van der Waals surface area contributed by atoms with Crippen molar-refractivity contribution in [1.82, 2.24) is 24.5 Å². The molecule has 0 aromatic carbocycles. The van der Waals surface area contributed by atoms with Gasteiger partial charge in [0.15, 0.2) is 0 Å². The van der Waals surface area contributed by atoms with Crippen molar-refractivity contribution in [2.75, 3.05) is 18.0 Å². The number of aryl methyl sites for hydroxylation is 1. The van der Waals surface area contributed by atoms with Crippen LogP contribution in [0.15, 0.2) is 49.2 Å². The number of hydrogen-bond donors (Lipinski definition) is 0. The van der Waals surface area contributed by atoms with Crippen molar-refractivity contribution in [1.29, 1.82) is 0 Å². The maximum absolute atomic E-state index is 4.83. The normalized spacial score (nSPS) is 17.4. The predicted octanol–water partition coefficient (Wildman–Crippen LogP) is 2.34. The van der Waals surface area contributed by atoms with Gasteiger partial charge in [0.25, 0.3) is 0 Å². The van der Waals surface area contributed by atoms with Crippen molar-refractivity contribution in [3.8, 4) is 11.4 Å². The van der Waals surface area contributed by atoms with Crippen molar-refractivity contribution in [3.63, 3.8) is 0 Å². The topological polar surface area (TPSA) is 59.7 Å². The lowest BCUT2D eigenvalue weighted by Crippen LogP contribution is -2.22. The summed E-state index contributed by atoms with van der Waals surface area (Å²) in [5, 5.41) is 0. The quantitative estimate of drug-likeness (QED) is 0.738. The minimum absolute atomic E-state index is 0.586. The van der Waals surface area contributed by atoms with Gasteiger partial charge in [-0.3, -0.25) is 4.98 Å². The number of imidazole rings is 1. The van der Waals surface area contributed by atoms with Gasteiger partial charge >= 0.3 is 0 Å². The summed E-state index contributed by atoms with van der Waals surface area (Å²) in [5.41, 5.74) is 3.16. The lowest BCUT2D eigenvalue weighted by molar-refractivity contribution is 0.577. The Morgan fingerprint density at radius 3 is 2.83 bits per heavy atom. The molecule has 0 spiro atoms. The number of nitrogens with zero attached hydrogens (tertiary/aromatic N) is 6. The van der Waals surface area contributed by atoms with Gasteiger partial charge in [0, 0.05) is 38.2 Å². The SMILES string of the molecule is Cn1cncc1-c1cccc(C[C@@H]2CCN(c3ncccn3)C2)n1. The minimum atomic E-state index is 0.586. The zero-order valence-electron chi connectivity index (χ0n) is 13.7. The molecule has 24 heavy (non-hydrogen) atoms. The molecule has 0 N–H and O–H groups in total. The molecule has 1 saturated heterocycles. The van der Waals surface area contributed by atoms with Gasteiger partial charge in [-0.1, -0.05) is 6.07 Å². The highest BCUT2D eigenvalue weighted by Crippen LogP contribution is 2.24. The van der Waals surface area contributed by atoms with Gasteiger partial charge in [0.05, 0.1) is 23.9 Å². The van der Waals surface area contributed by atoms with Crippen LogP contribution < -0.4 is 4.90 Å². The highest BCUT2D eigenvalue weighted by molar-refractivity contribution is 5.53. The Balaban J connectivity index is 1.46. The molecule has 1 atom stereocenters. The molecule has 1 fully saturated rings. The largest absolute Gasteiger partial charge is 0.341 e. The first-order valence-electron chi connectivity index (χ1n) is 8.24. The number of anilines is 1. The molecule has 0 unspecified atom stereocenters. The summed E-state index contributed by atoms with van der Waals surface area (Å²) in [7, 11) is 1.99. The fraction of sp³-hybridized carbons (Fsp3) is 0.333. The molecule has 0 saturated carbocycles. The predicted molar refractivity (Wildman–Crippen MR) is 92.5 cm³/mol. The van der Waals surface area contributed by atoms with Crippen LogP contribution in [0.1, 0.15) is 12.1 Å². The average Bonchev–Trinajstić information content (AvgIpc) is 3.25. The van der Waals surface area contributed by atoms with E-state index >= 15 is 0 Å². The third kappa shape index (κ3) is 2.99. The first-order chi connectivity index (χ1) is 11.8. The second-order valence-corrected chi connectivity index (χ2v) is 6.26. The van der Waals surface area contributed by atoms with E-state index in [9.17, 15) is 0 Å². The summed E-state index contributed by atoms with van der Waals surface area (Å²) >= 11 is 0. The Labute approximate surface area is 141 Å². The van der Waals surface area contributed by atoms with Crippen LogP contribution in [0.3, 0.4) is 0 Å². The number of aromatic nitrogens is 5. The summed E-state index contributed by atoms with van der Waals surface area (Å²) in [4.78, 5) is 20.0. The third-order valence-corrected chi connectivity index (χ3v) is 4.50. The zero-order chi connectivity index (χ0) is 16.4. The Bertz CT molecular complexity index is 813. The van der Waals surface area contributed by atoms with Crippen LogP contribution in [-0.4, -0.2) is 37.6 Å². The van der Waals surface area contributed by atoms with E-state index in [4.69, 9.17) is 4.98 Å². The monoisotopic (exact) mass is 320 g/mol. The highest BCUT2D eigenvalue weighted by Gasteiger charge is 2.24. The minimum Gasteiger partial charge on any atom is -0.341 e. The van der Waals surface area contributed by atoms with E-state index < -0.39 is 0 Å². The maximum Gasteiger partial charge on any atom is 0.225 e. The highest BCUT2D eigenvalue weighted by atomic mass is 15.3. The molecule has 3 aromatic heterocycles. The van der Waals surface area contributed by atoms with Gasteiger partial charge < -0.3 is 9.47 Å². The van der Waals surface area contributed by atoms with Crippen LogP contribution in [0, 0.1) is 5.92 Å². The smallest absolute Gasteiger partial charge is 0.225 e. The second kappa shape index (κ2) is 6.39. The lowest BCUT2D eigenvalue weighted by atomic mass is 10.0. The van der Waals surface area contributed by atoms with E-state index in [1.165, 1.54) is 0 Å². The molecule has 1 aliphatic rings. The second-order valence-electron chi connectivity index (χ2n) is 6.26. The van der Waals surface area contributed by atoms with E-state index in [-0.39, 0.29) is 0 Å². The van der Waals surface area contributed by atoms with Gasteiger partial charge in [-0.05, 0) is 37.0 Å². The fourth-order valence-electron chi connectivity index (χ4n) is 3.27. The standard InChI is InChI=1S/C18H20N6/c1-23-13-19-11-17(23)16-5-2-4-15(22-16)10-14-6-9-24(12-14)18-20-7-3-8-21-18/h2-5,7-8,11,13-14H,6,9-10,12H2,1H3/t14-/m0/s1. The van der Waals surface area contributed by atoms with Gasteiger partial charge in [-0.2, -0.15) is 0 Å². The molecule has 4 rings (SSSR count). The summed E-state index contributed by atoms with van der Waals surface area (Å²) in [5.74, 6) is 1.42. The summed E-state index contributed by atoms with van der Waals surface area (Å²) in [6.07, 6.45) is 9.39. The average molecular weight is 320 g/mol. The van der Waals surface area contributed by atoms with E-state index in [2.05, 4.69) is 32.0 Å². The molecule has 6 heteroatoms. The van der Waals surface area contributed by atoms with Gasteiger partial charge in [-0.15, -0.1) is 0 Å². The van der Waals surface area contributed by atoms with Crippen molar-refractivity contribution < 1.29 is 0 Å². The van der Waals surface area contributed by atoms with Gasteiger partial charge in [0.2, 0.25) is 5.95 Å². The van der Waals surface area contributed by atoms with Crippen LogP contribution in [0.4, 0.5) is 5.95 Å². The van der Waals surface area contributed by atoms with Crippen molar-refractivity contribution >= 4 is 5.95 Å². The van der Waals surface area contributed by atoms with Crippen LogP contribution in [0.5, 0.6) is 0 Å². The van der Waals surface area contributed by atoms with Gasteiger partial charge in [0.1, 0.15) is 0 Å². The van der Waals surface area contributed by atoms with Crippen molar-refractivity contribution in [3.05, 3.63) is 54.9 Å². The Morgan fingerprint density at radius 2 is 2.04 bits per heavy atom. The summed E-state index contributed by atoms with van der Waals surface area (Å²) in [6.45, 7) is 2.00. The van der Waals surface area contributed by atoms with Crippen LogP contribution in [0.25, 0.3) is 11.4 Å². The van der Waals surface area contributed by atoms with E-state index in [1.807, 2.05) is 29.9 Å². The molecule has 0 aliphatic carbocycles. The molecule has 4 heterocycles. The molecule has 1 aliphatic heterocycles. The van der Waals surface area contributed by atoms with Crippen molar-refractivity contribution in [2.24, 2.45) is 13.0 Å². The molecular weight excluding hydrogens is 300 g/mol. The molecule has 122 valence electrons. The van der Waals surface area contributed by atoms with E-state index in [0.717, 1.165) is 49.0 Å². The van der Waals surface area contributed by atoms with Gasteiger partial charge in [-0.25, -0.2) is 15.0 Å². The van der Waals surface area contributed by atoms with E-state index in [0.29, 0.717) is 5.92 Å². The third-order valence-electron chi connectivity index (χ3n) is 4.50.